The quantitative estimate of drug-likeness (QED) is 0.175. The third-order valence-electron chi connectivity index (χ3n) is 5.51. The number of hydrogen-bond acceptors (Lipinski definition) is 7. The lowest BCUT2D eigenvalue weighted by Crippen LogP contribution is -2.03. The first-order valence-electron chi connectivity index (χ1n) is 10.4. The molecule has 0 unspecified atom stereocenters. The molecule has 34 heavy (non-hydrogen) atoms. The number of nitrogens with zero attached hydrogens (tertiary/aromatic N) is 2. The molecule has 0 saturated heterocycles. The molecular formula is C27H18N2O4S. The van der Waals surface area contributed by atoms with E-state index in [4.69, 9.17) is 13.9 Å². The van der Waals surface area contributed by atoms with Crippen LogP contribution in [0.25, 0.3) is 44.6 Å². The summed E-state index contributed by atoms with van der Waals surface area (Å²) in [6.07, 6.45) is 1.69. The van der Waals surface area contributed by atoms with E-state index >= 15 is 0 Å². The largest absolute Gasteiger partial charge is 0.497 e. The molecule has 6 nitrogen and oxygen atoms in total. The second-order valence-electron chi connectivity index (χ2n) is 7.46. The summed E-state index contributed by atoms with van der Waals surface area (Å²) in [5.41, 5.74) is 1.89. The second-order valence-corrected chi connectivity index (χ2v) is 8.32. The molecule has 0 aliphatic rings. The van der Waals surface area contributed by atoms with Gasteiger partial charge in [0.2, 0.25) is 0 Å². The van der Waals surface area contributed by atoms with Crippen molar-refractivity contribution in [2.45, 2.75) is 0 Å². The molecule has 166 valence electrons. The van der Waals surface area contributed by atoms with Gasteiger partial charge < -0.3 is 13.9 Å². The van der Waals surface area contributed by atoms with E-state index in [-0.39, 0.29) is 0 Å². The fourth-order valence-corrected chi connectivity index (χ4v) is 4.61. The van der Waals surface area contributed by atoms with E-state index in [1.165, 1.54) is 11.3 Å². The average molecular weight is 467 g/mol. The molecule has 3 aromatic carbocycles. The van der Waals surface area contributed by atoms with Gasteiger partial charge in [0.15, 0.2) is 0 Å². The number of hydrogen-bond donors (Lipinski definition) is 0. The van der Waals surface area contributed by atoms with Crippen LogP contribution >= 0.6 is 11.3 Å². The number of ether oxygens (including phenoxy) is 2. The Balaban J connectivity index is 1.60. The normalized spacial score (nSPS) is 11.5. The van der Waals surface area contributed by atoms with Crippen molar-refractivity contribution in [1.82, 2.24) is 4.98 Å². The molecule has 7 heteroatoms. The number of benzene rings is 3. The Labute approximate surface area is 198 Å². The van der Waals surface area contributed by atoms with E-state index in [9.17, 15) is 10.1 Å². The Kier molecular flexibility index (Phi) is 5.58. The van der Waals surface area contributed by atoms with Crippen molar-refractivity contribution in [2.75, 3.05) is 14.2 Å². The summed E-state index contributed by atoms with van der Waals surface area (Å²) in [6.45, 7) is 0. The zero-order valence-corrected chi connectivity index (χ0v) is 19.2. The predicted molar refractivity (Wildman–Crippen MR) is 134 cm³/mol. The van der Waals surface area contributed by atoms with Crippen molar-refractivity contribution in [3.8, 4) is 28.8 Å². The predicted octanol–water partition coefficient (Wildman–Crippen LogP) is 6.15. The molecule has 0 atom stereocenters. The van der Waals surface area contributed by atoms with Crippen LogP contribution in [-0.4, -0.2) is 19.2 Å². The molecule has 0 amide bonds. The van der Waals surface area contributed by atoms with E-state index in [0.717, 1.165) is 16.2 Å². The summed E-state index contributed by atoms with van der Waals surface area (Å²) in [5.74, 6) is 1.25. The molecule has 5 aromatic rings. The van der Waals surface area contributed by atoms with Gasteiger partial charge in [-0.05, 0) is 47.2 Å². The zero-order chi connectivity index (χ0) is 23.7. The van der Waals surface area contributed by atoms with Gasteiger partial charge in [-0.2, -0.15) is 5.26 Å². The highest BCUT2D eigenvalue weighted by atomic mass is 32.1. The molecule has 0 N–H and O–H groups in total. The fourth-order valence-electron chi connectivity index (χ4n) is 3.82. The van der Waals surface area contributed by atoms with Crippen LogP contribution < -0.4 is 15.1 Å². The summed E-state index contributed by atoms with van der Waals surface area (Å²) in [4.78, 5) is 17.3. The molecule has 0 bridgehead atoms. The van der Waals surface area contributed by atoms with Gasteiger partial charge in [-0.25, -0.2) is 9.78 Å². The molecule has 0 radical (unpaired) electrons. The first-order chi connectivity index (χ1) is 16.6. The van der Waals surface area contributed by atoms with E-state index in [1.807, 2.05) is 36.4 Å². The van der Waals surface area contributed by atoms with Gasteiger partial charge in [-0.15, -0.1) is 11.3 Å². The van der Waals surface area contributed by atoms with Crippen molar-refractivity contribution in [3.63, 3.8) is 0 Å². The van der Waals surface area contributed by atoms with Gasteiger partial charge in [0, 0.05) is 16.3 Å². The Morgan fingerprint density at radius 2 is 1.91 bits per heavy atom. The van der Waals surface area contributed by atoms with Crippen LogP contribution in [0.3, 0.4) is 0 Å². The Hall–Kier alpha value is -4.41. The van der Waals surface area contributed by atoms with Crippen LogP contribution in [0, 0.1) is 11.3 Å². The molecule has 0 saturated carbocycles. The smallest absolute Gasteiger partial charge is 0.345 e. The van der Waals surface area contributed by atoms with Crippen LogP contribution in [0.15, 0.2) is 75.3 Å². The molecule has 0 spiro atoms. The maximum atomic E-state index is 12.8. The van der Waals surface area contributed by atoms with Crippen molar-refractivity contribution >= 4 is 44.7 Å². The van der Waals surface area contributed by atoms with Gasteiger partial charge in [0.1, 0.15) is 28.2 Å². The monoisotopic (exact) mass is 466 g/mol. The first kappa shape index (κ1) is 21.4. The Morgan fingerprint density at radius 1 is 1.06 bits per heavy atom. The first-order valence-corrected chi connectivity index (χ1v) is 11.2. The van der Waals surface area contributed by atoms with E-state index in [0.29, 0.717) is 44.5 Å². The number of aromatic nitrogens is 1. The summed E-state index contributed by atoms with van der Waals surface area (Å²) in [5, 5.41) is 14.9. The SMILES string of the molecule is COc1ccc(OC)c(/C=C(\C#N)c2nc(-c3cc4c(ccc5ccccc54)oc3=O)cs2)c1. The number of rotatable bonds is 5. The van der Waals surface area contributed by atoms with Crippen LogP contribution in [0.5, 0.6) is 11.5 Å². The maximum Gasteiger partial charge on any atom is 0.345 e. The lowest BCUT2D eigenvalue weighted by Gasteiger charge is -2.07. The van der Waals surface area contributed by atoms with Crippen molar-refractivity contribution in [3.05, 3.63) is 87.0 Å². The third kappa shape index (κ3) is 3.81. The summed E-state index contributed by atoms with van der Waals surface area (Å²) in [6, 6.07) is 21.0. The standard InChI is InChI=1S/C27H18N2O4S/c1-31-19-8-10-24(32-2)17(12-19)11-18(14-28)26-29-23(15-34-26)22-13-21-20-6-4-3-5-16(20)7-9-25(21)33-27(22)30/h3-13,15H,1-2H3/b18-11+. The minimum Gasteiger partial charge on any atom is -0.497 e. The van der Waals surface area contributed by atoms with Crippen LogP contribution in [-0.2, 0) is 0 Å². The Morgan fingerprint density at radius 3 is 2.71 bits per heavy atom. The topological polar surface area (TPSA) is 85.3 Å². The number of nitriles is 1. The van der Waals surface area contributed by atoms with Gasteiger partial charge in [0.25, 0.3) is 0 Å². The minimum atomic E-state index is -0.475. The lowest BCUT2D eigenvalue weighted by molar-refractivity contribution is 0.402. The molecular weight excluding hydrogens is 448 g/mol. The lowest BCUT2D eigenvalue weighted by atomic mass is 10.0. The highest BCUT2D eigenvalue weighted by molar-refractivity contribution is 7.11. The molecule has 2 aromatic heterocycles. The number of fused-ring (bicyclic) bond motifs is 3. The average Bonchev–Trinajstić information content (AvgIpc) is 3.36. The zero-order valence-electron chi connectivity index (χ0n) is 18.4. The summed E-state index contributed by atoms with van der Waals surface area (Å²) >= 11 is 1.28. The summed E-state index contributed by atoms with van der Waals surface area (Å²) in [7, 11) is 3.14. The van der Waals surface area contributed by atoms with Gasteiger partial charge in [-0.3, -0.25) is 0 Å². The molecule has 2 heterocycles. The van der Waals surface area contributed by atoms with Crippen molar-refractivity contribution in [2.24, 2.45) is 0 Å². The highest BCUT2D eigenvalue weighted by Crippen LogP contribution is 2.32. The van der Waals surface area contributed by atoms with Gasteiger partial charge >= 0.3 is 5.63 Å². The third-order valence-corrected chi connectivity index (χ3v) is 6.39. The maximum absolute atomic E-state index is 12.8. The van der Waals surface area contributed by atoms with Gasteiger partial charge in [0.05, 0.1) is 31.1 Å². The van der Waals surface area contributed by atoms with Crippen LogP contribution in [0.1, 0.15) is 10.6 Å². The Bertz CT molecular complexity index is 1670. The van der Waals surface area contributed by atoms with Crippen molar-refractivity contribution in [1.29, 1.82) is 5.26 Å². The number of thiazole rings is 1. The van der Waals surface area contributed by atoms with Crippen molar-refractivity contribution < 1.29 is 13.9 Å². The molecule has 0 aliphatic heterocycles. The van der Waals surface area contributed by atoms with E-state index in [1.54, 1.807) is 49.9 Å². The highest BCUT2D eigenvalue weighted by Gasteiger charge is 2.15. The number of allylic oxidation sites excluding steroid dienone is 1. The van der Waals surface area contributed by atoms with Crippen LogP contribution in [0.2, 0.25) is 0 Å². The van der Waals surface area contributed by atoms with Gasteiger partial charge in [-0.1, -0.05) is 30.3 Å². The minimum absolute atomic E-state index is 0.346. The van der Waals surface area contributed by atoms with E-state index in [2.05, 4.69) is 11.1 Å². The molecule has 0 fully saturated rings. The molecule has 5 rings (SSSR count). The number of methoxy groups -OCH3 is 2. The van der Waals surface area contributed by atoms with E-state index < -0.39 is 5.63 Å². The van der Waals surface area contributed by atoms with Crippen LogP contribution in [0.4, 0.5) is 0 Å². The fraction of sp³-hybridized carbons (Fsp3) is 0.0741. The second kappa shape index (κ2) is 8.85. The molecule has 0 aliphatic carbocycles. The summed E-state index contributed by atoms with van der Waals surface area (Å²) < 4.78 is 16.3.